The Morgan fingerprint density at radius 3 is 2.56 bits per heavy atom. The van der Waals surface area contributed by atoms with E-state index in [9.17, 15) is 4.79 Å². The third kappa shape index (κ3) is 3.25. The first-order chi connectivity index (χ1) is 8.49. The summed E-state index contributed by atoms with van der Waals surface area (Å²) < 4.78 is 0.804. The minimum absolute atomic E-state index is 0.0574. The molecule has 0 radical (unpaired) electrons. The van der Waals surface area contributed by atoms with Crippen LogP contribution in [0.3, 0.4) is 0 Å². The average molecular weight is 334 g/mol. The van der Waals surface area contributed by atoms with Crippen molar-refractivity contribution in [2.45, 2.75) is 26.7 Å². The molecule has 0 bridgehead atoms. The first-order valence-corrected chi connectivity index (χ1v) is 7.12. The Hall–Kier alpha value is -0.580. The van der Waals surface area contributed by atoms with Crippen LogP contribution in [0.5, 0.6) is 0 Å². The van der Waals surface area contributed by atoms with E-state index in [0.717, 1.165) is 4.47 Å². The van der Waals surface area contributed by atoms with Gasteiger partial charge in [-0.25, -0.2) is 0 Å². The van der Waals surface area contributed by atoms with E-state index in [2.05, 4.69) is 21.2 Å². The number of halogens is 2. The summed E-state index contributed by atoms with van der Waals surface area (Å²) >= 11 is 9.31. The number of amides is 1. The molecular weight excluding hydrogens is 316 g/mol. The summed E-state index contributed by atoms with van der Waals surface area (Å²) in [5.41, 5.74) is 5.91. The van der Waals surface area contributed by atoms with Gasteiger partial charge in [0.1, 0.15) is 0 Å². The van der Waals surface area contributed by atoms with Gasteiger partial charge in [-0.1, -0.05) is 25.4 Å². The summed E-state index contributed by atoms with van der Waals surface area (Å²) in [7, 11) is 0. The van der Waals surface area contributed by atoms with Crippen molar-refractivity contribution in [2.24, 2.45) is 11.1 Å². The summed E-state index contributed by atoms with van der Waals surface area (Å²) in [6.45, 7) is 4.29. The maximum atomic E-state index is 12.3. The van der Waals surface area contributed by atoms with Crippen LogP contribution in [0, 0.1) is 5.41 Å². The van der Waals surface area contributed by atoms with Gasteiger partial charge in [-0.2, -0.15) is 0 Å². The van der Waals surface area contributed by atoms with Gasteiger partial charge in [-0.3, -0.25) is 4.79 Å². The molecule has 0 aliphatic rings. The molecular formula is C13H18BrClN2O. The largest absolute Gasteiger partial charge is 0.329 e. The molecule has 0 spiro atoms. The molecule has 1 aromatic rings. The Morgan fingerprint density at radius 1 is 1.44 bits per heavy atom. The average Bonchev–Trinajstić information content (AvgIpc) is 2.37. The highest BCUT2D eigenvalue weighted by Gasteiger charge is 2.33. The van der Waals surface area contributed by atoms with Crippen LogP contribution in [-0.2, 0) is 4.79 Å². The van der Waals surface area contributed by atoms with Crippen molar-refractivity contribution in [3.05, 3.63) is 27.7 Å². The number of hydrogen-bond acceptors (Lipinski definition) is 2. The highest BCUT2D eigenvalue weighted by molar-refractivity contribution is 9.10. The fraction of sp³-hybridized carbons (Fsp3) is 0.462. The lowest BCUT2D eigenvalue weighted by molar-refractivity contribution is -0.125. The summed E-state index contributed by atoms with van der Waals surface area (Å²) in [4.78, 5) is 12.3. The van der Waals surface area contributed by atoms with Gasteiger partial charge in [0, 0.05) is 16.0 Å². The van der Waals surface area contributed by atoms with E-state index >= 15 is 0 Å². The smallest absolute Gasteiger partial charge is 0.231 e. The van der Waals surface area contributed by atoms with Crippen molar-refractivity contribution in [1.82, 2.24) is 0 Å². The van der Waals surface area contributed by atoms with Gasteiger partial charge in [0.15, 0.2) is 0 Å². The lowest BCUT2D eigenvalue weighted by Gasteiger charge is -2.28. The summed E-state index contributed by atoms with van der Waals surface area (Å²) in [6, 6.07) is 5.28. The standard InChI is InChI=1S/C13H18BrClN2O/c1-3-13(4-2,8-16)12(18)17-11-7-9(15)5-6-10(11)14/h5-7H,3-4,8,16H2,1-2H3,(H,17,18). The van der Waals surface area contributed by atoms with Gasteiger partial charge in [0.05, 0.1) is 11.1 Å². The summed E-state index contributed by atoms with van der Waals surface area (Å²) in [6.07, 6.45) is 1.42. The van der Waals surface area contributed by atoms with Gasteiger partial charge in [-0.15, -0.1) is 0 Å². The second-order valence-electron chi connectivity index (χ2n) is 4.27. The molecule has 0 saturated heterocycles. The van der Waals surface area contributed by atoms with Gasteiger partial charge < -0.3 is 11.1 Å². The Balaban J connectivity index is 2.96. The molecule has 3 N–H and O–H groups in total. The quantitative estimate of drug-likeness (QED) is 0.861. The second-order valence-corrected chi connectivity index (χ2v) is 5.56. The third-order valence-electron chi connectivity index (χ3n) is 3.40. The summed E-state index contributed by atoms with van der Waals surface area (Å²) in [5, 5.41) is 3.48. The number of rotatable bonds is 5. The number of benzene rings is 1. The van der Waals surface area contributed by atoms with Crippen molar-refractivity contribution in [3.8, 4) is 0 Å². The minimum atomic E-state index is -0.512. The lowest BCUT2D eigenvalue weighted by Crippen LogP contribution is -2.41. The van der Waals surface area contributed by atoms with Crippen molar-refractivity contribution in [3.63, 3.8) is 0 Å². The van der Waals surface area contributed by atoms with E-state index in [4.69, 9.17) is 17.3 Å². The molecule has 3 nitrogen and oxygen atoms in total. The van der Waals surface area contributed by atoms with E-state index in [-0.39, 0.29) is 5.91 Å². The number of carbonyl (C=O) groups is 1. The molecule has 0 unspecified atom stereocenters. The number of nitrogens with two attached hydrogens (primary N) is 1. The first-order valence-electron chi connectivity index (χ1n) is 5.95. The van der Waals surface area contributed by atoms with Gasteiger partial charge in [-0.05, 0) is 47.0 Å². The van der Waals surface area contributed by atoms with Crippen LogP contribution in [0.2, 0.25) is 5.02 Å². The fourth-order valence-corrected chi connectivity index (χ4v) is 2.32. The van der Waals surface area contributed by atoms with Crippen LogP contribution < -0.4 is 11.1 Å². The van der Waals surface area contributed by atoms with Gasteiger partial charge >= 0.3 is 0 Å². The van der Waals surface area contributed by atoms with Crippen LogP contribution in [0.25, 0.3) is 0 Å². The Labute approximate surface area is 121 Å². The van der Waals surface area contributed by atoms with E-state index in [1.54, 1.807) is 18.2 Å². The van der Waals surface area contributed by atoms with Crippen LogP contribution in [0.4, 0.5) is 5.69 Å². The predicted octanol–water partition coefficient (Wildman–Crippen LogP) is 3.81. The van der Waals surface area contributed by atoms with Gasteiger partial charge in [0.2, 0.25) is 5.91 Å². The number of carbonyl (C=O) groups excluding carboxylic acids is 1. The Bertz CT molecular complexity index is 425. The molecule has 0 saturated carbocycles. The number of nitrogens with one attached hydrogen (secondary N) is 1. The monoisotopic (exact) mass is 332 g/mol. The molecule has 100 valence electrons. The highest BCUT2D eigenvalue weighted by atomic mass is 79.9. The van der Waals surface area contributed by atoms with Crippen LogP contribution in [-0.4, -0.2) is 12.5 Å². The topological polar surface area (TPSA) is 55.1 Å². The lowest BCUT2D eigenvalue weighted by atomic mass is 9.81. The van der Waals surface area contributed by atoms with E-state index < -0.39 is 5.41 Å². The van der Waals surface area contributed by atoms with Gasteiger partial charge in [0.25, 0.3) is 0 Å². The molecule has 1 aromatic carbocycles. The Morgan fingerprint density at radius 2 is 2.06 bits per heavy atom. The molecule has 1 rings (SSSR count). The van der Waals surface area contributed by atoms with Crippen LogP contribution in [0.1, 0.15) is 26.7 Å². The third-order valence-corrected chi connectivity index (χ3v) is 4.33. The molecule has 18 heavy (non-hydrogen) atoms. The van der Waals surface area contributed by atoms with E-state index in [1.165, 1.54) is 0 Å². The molecule has 0 aliphatic heterocycles. The maximum Gasteiger partial charge on any atom is 0.231 e. The zero-order valence-corrected chi connectivity index (χ0v) is 12.9. The fourth-order valence-electron chi connectivity index (χ4n) is 1.80. The zero-order valence-electron chi connectivity index (χ0n) is 10.6. The molecule has 5 heteroatoms. The molecule has 0 heterocycles. The SMILES string of the molecule is CCC(CC)(CN)C(=O)Nc1cc(Cl)ccc1Br. The highest BCUT2D eigenvalue weighted by Crippen LogP contribution is 2.30. The van der Waals surface area contributed by atoms with Crippen molar-refractivity contribution >= 4 is 39.1 Å². The molecule has 1 amide bonds. The number of anilines is 1. The van der Waals surface area contributed by atoms with Crippen molar-refractivity contribution in [1.29, 1.82) is 0 Å². The minimum Gasteiger partial charge on any atom is -0.329 e. The maximum absolute atomic E-state index is 12.3. The van der Waals surface area contributed by atoms with Crippen LogP contribution in [0.15, 0.2) is 22.7 Å². The van der Waals surface area contributed by atoms with E-state index in [0.29, 0.717) is 30.1 Å². The normalized spacial score (nSPS) is 11.4. The summed E-state index contributed by atoms with van der Waals surface area (Å²) in [5.74, 6) is -0.0574. The molecule has 0 aliphatic carbocycles. The first kappa shape index (κ1) is 15.5. The van der Waals surface area contributed by atoms with Crippen LogP contribution >= 0.6 is 27.5 Å². The molecule has 0 aromatic heterocycles. The predicted molar refractivity (Wildman–Crippen MR) is 79.9 cm³/mol. The zero-order chi connectivity index (χ0) is 13.8. The Kier molecular flexibility index (Phi) is 5.63. The van der Waals surface area contributed by atoms with E-state index in [1.807, 2.05) is 13.8 Å². The second kappa shape index (κ2) is 6.55. The van der Waals surface area contributed by atoms with Crippen molar-refractivity contribution in [2.75, 3.05) is 11.9 Å². The van der Waals surface area contributed by atoms with Crippen molar-refractivity contribution < 1.29 is 4.79 Å². The number of hydrogen-bond donors (Lipinski definition) is 2. The molecule has 0 fully saturated rings. The molecule has 0 atom stereocenters.